The second-order valence-corrected chi connectivity index (χ2v) is 6.65. The number of amides is 1. The van der Waals surface area contributed by atoms with E-state index in [0.717, 1.165) is 30.1 Å². The molecule has 0 unspecified atom stereocenters. The van der Waals surface area contributed by atoms with E-state index in [4.69, 9.17) is 22.1 Å². The van der Waals surface area contributed by atoms with Crippen LogP contribution in [0.4, 0.5) is 0 Å². The highest BCUT2D eigenvalue weighted by Crippen LogP contribution is 2.30. The van der Waals surface area contributed by atoms with Gasteiger partial charge in [0.05, 0.1) is 18.8 Å². The number of carbonyl (C=O) groups excluding carboxylic acids is 1. The number of carbonyl (C=O) groups is 1. The van der Waals surface area contributed by atoms with Crippen molar-refractivity contribution in [3.05, 3.63) is 34.9 Å². The maximum atomic E-state index is 11.7. The third kappa shape index (κ3) is 4.97. The number of morpholine rings is 1. The van der Waals surface area contributed by atoms with Crippen LogP contribution in [0, 0.1) is 0 Å². The van der Waals surface area contributed by atoms with Crippen LogP contribution in [0.5, 0.6) is 0 Å². The van der Waals surface area contributed by atoms with Gasteiger partial charge in [-0.3, -0.25) is 9.69 Å². The van der Waals surface area contributed by atoms with Crippen LogP contribution in [0.2, 0.25) is 5.02 Å². The van der Waals surface area contributed by atoms with Crippen LogP contribution >= 0.6 is 36.4 Å². The van der Waals surface area contributed by atoms with Crippen LogP contribution in [0.3, 0.4) is 0 Å². The molecule has 136 valence electrons. The molecule has 1 aromatic rings. The summed E-state index contributed by atoms with van der Waals surface area (Å²) in [6, 6.07) is 7.88. The highest BCUT2D eigenvalue weighted by molar-refractivity contribution is 6.30. The Kier molecular flexibility index (Phi) is 8.26. The van der Waals surface area contributed by atoms with Crippen molar-refractivity contribution >= 4 is 42.3 Å². The zero-order valence-electron chi connectivity index (χ0n) is 13.5. The zero-order chi connectivity index (χ0) is 15.7. The molecule has 4 atom stereocenters. The SMILES string of the molecule is C[C@@H](N)C(=O)N[C@@H]1C[C@H]2CO[C@@H](c3ccc(Cl)cc3)CN2C1.Cl.Cl. The number of hydrogen-bond donors (Lipinski definition) is 2. The lowest BCUT2D eigenvalue weighted by Crippen LogP contribution is -2.45. The number of nitrogens with one attached hydrogen (secondary N) is 1. The molecule has 2 saturated heterocycles. The van der Waals surface area contributed by atoms with E-state index >= 15 is 0 Å². The summed E-state index contributed by atoms with van der Waals surface area (Å²) in [5.74, 6) is -0.0833. The van der Waals surface area contributed by atoms with E-state index in [1.54, 1.807) is 6.92 Å². The molecule has 2 heterocycles. The number of fused-ring (bicyclic) bond motifs is 1. The highest BCUT2D eigenvalue weighted by atomic mass is 35.5. The molecule has 3 rings (SSSR count). The van der Waals surface area contributed by atoms with Crippen LogP contribution in [0.1, 0.15) is 25.0 Å². The summed E-state index contributed by atoms with van der Waals surface area (Å²) >= 11 is 5.93. The van der Waals surface area contributed by atoms with E-state index < -0.39 is 6.04 Å². The van der Waals surface area contributed by atoms with Gasteiger partial charge in [0.15, 0.2) is 0 Å². The van der Waals surface area contributed by atoms with Gasteiger partial charge in [-0.1, -0.05) is 23.7 Å². The lowest BCUT2D eigenvalue weighted by molar-refractivity contribution is -0.122. The maximum absolute atomic E-state index is 11.7. The van der Waals surface area contributed by atoms with Gasteiger partial charge in [-0.25, -0.2) is 0 Å². The van der Waals surface area contributed by atoms with Gasteiger partial charge < -0.3 is 15.8 Å². The number of rotatable bonds is 3. The Morgan fingerprint density at radius 2 is 2.00 bits per heavy atom. The van der Waals surface area contributed by atoms with E-state index in [9.17, 15) is 4.79 Å². The molecular weight excluding hydrogens is 373 g/mol. The molecule has 5 nitrogen and oxygen atoms in total. The number of halogens is 3. The Bertz CT molecular complexity index is 542. The first kappa shape index (κ1) is 21.5. The summed E-state index contributed by atoms with van der Waals surface area (Å²) in [4.78, 5) is 14.1. The molecule has 2 aliphatic heterocycles. The fraction of sp³-hybridized carbons (Fsp3) is 0.562. The minimum atomic E-state index is -0.462. The normalized spacial score (nSPS) is 27.4. The fourth-order valence-electron chi connectivity index (χ4n) is 3.19. The van der Waals surface area contributed by atoms with Crippen molar-refractivity contribution in [1.82, 2.24) is 10.2 Å². The van der Waals surface area contributed by atoms with Gasteiger partial charge in [-0.05, 0) is 31.0 Å². The van der Waals surface area contributed by atoms with Gasteiger partial charge in [0.2, 0.25) is 5.91 Å². The summed E-state index contributed by atoms with van der Waals surface area (Å²) < 4.78 is 6.00. The van der Waals surface area contributed by atoms with Crippen molar-refractivity contribution in [2.24, 2.45) is 5.73 Å². The molecule has 1 aromatic carbocycles. The Labute approximate surface area is 160 Å². The zero-order valence-corrected chi connectivity index (χ0v) is 15.9. The number of hydrogen-bond acceptors (Lipinski definition) is 4. The number of nitrogens with two attached hydrogens (primary N) is 1. The maximum Gasteiger partial charge on any atom is 0.236 e. The second-order valence-electron chi connectivity index (χ2n) is 6.21. The highest BCUT2D eigenvalue weighted by Gasteiger charge is 2.38. The largest absolute Gasteiger partial charge is 0.371 e. The fourth-order valence-corrected chi connectivity index (χ4v) is 3.32. The van der Waals surface area contributed by atoms with Gasteiger partial charge in [0.25, 0.3) is 0 Å². The minimum Gasteiger partial charge on any atom is -0.371 e. The Hall–Kier alpha value is -0.560. The van der Waals surface area contributed by atoms with Gasteiger partial charge in [0.1, 0.15) is 0 Å². The molecule has 0 aromatic heterocycles. The first-order valence-corrected chi connectivity index (χ1v) is 8.08. The molecule has 3 N–H and O–H groups in total. The van der Waals surface area contributed by atoms with Crippen LogP contribution in [-0.4, -0.2) is 48.6 Å². The predicted octanol–water partition coefficient (Wildman–Crippen LogP) is 2.16. The molecule has 8 heteroatoms. The number of nitrogens with zero attached hydrogens (tertiary/aromatic N) is 1. The van der Waals surface area contributed by atoms with E-state index in [-0.39, 0.29) is 42.9 Å². The first-order valence-electron chi connectivity index (χ1n) is 7.70. The summed E-state index contributed by atoms with van der Waals surface area (Å²) in [5, 5.41) is 3.75. The Balaban J connectivity index is 0.00000144. The molecule has 0 radical (unpaired) electrons. The number of ether oxygens (including phenoxy) is 1. The van der Waals surface area contributed by atoms with Crippen molar-refractivity contribution in [3.8, 4) is 0 Å². The Morgan fingerprint density at radius 1 is 1.33 bits per heavy atom. The third-order valence-corrected chi connectivity index (χ3v) is 4.67. The van der Waals surface area contributed by atoms with Gasteiger partial charge in [0, 0.05) is 30.2 Å². The molecular formula is C16H24Cl3N3O2. The molecule has 2 fully saturated rings. The average Bonchev–Trinajstić information content (AvgIpc) is 2.89. The molecule has 1 amide bonds. The van der Waals surface area contributed by atoms with Crippen molar-refractivity contribution < 1.29 is 9.53 Å². The summed E-state index contributed by atoms with van der Waals surface area (Å²) in [5.41, 5.74) is 6.75. The van der Waals surface area contributed by atoms with Crippen molar-refractivity contribution in [1.29, 1.82) is 0 Å². The van der Waals surface area contributed by atoms with Gasteiger partial charge in [-0.15, -0.1) is 24.8 Å². The van der Waals surface area contributed by atoms with E-state index in [1.165, 1.54) is 0 Å². The minimum absolute atomic E-state index is 0. The standard InChI is InChI=1S/C16H22ClN3O2.2ClH/c1-10(18)16(21)19-13-6-14-9-22-15(8-20(14)7-13)11-2-4-12(17)5-3-11;;/h2-5,10,13-15H,6-9,18H2,1H3,(H,19,21);2*1H/t10-,13-,14+,15-;;/m1../s1. The molecule has 0 aliphatic carbocycles. The molecule has 24 heavy (non-hydrogen) atoms. The van der Waals surface area contributed by atoms with E-state index in [2.05, 4.69) is 10.2 Å². The van der Waals surface area contributed by atoms with Crippen LogP contribution in [0.25, 0.3) is 0 Å². The molecule has 0 spiro atoms. The summed E-state index contributed by atoms with van der Waals surface area (Å²) in [6.07, 6.45) is 0.989. The summed E-state index contributed by atoms with van der Waals surface area (Å²) in [6.45, 7) is 4.10. The smallest absolute Gasteiger partial charge is 0.236 e. The van der Waals surface area contributed by atoms with Crippen molar-refractivity contribution in [2.45, 2.75) is 37.6 Å². The average molecular weight is 397 g/mol. The lowest BCUT2D eigenvalue weighted by Gasteiger charge is -2.35. The third-order valence-electron chi connectivity index (χ3n) is 4.42. The first-order chi connectivity index (χ1) is 10.5. The quantitative estimate of drug-likeness (QED) is 0.821. The monoisotopic (exact) mass is 395 g/mol. The van der Waals surface area contributed by atoms with Gasteiger partial charge >= 0.3 is 0 Å². The van der Waals surface area contributed by atoms with Crippen LogP contribution in [0.15, 0.2) is 24.3 Å². The van der Waals surface area contributed by atoms with Crippen molar-refractivity contribution in [2.75, 3.05) is 19.7 Å². The molecule has 0 bridgehead atoms. The lowest BCUT2D eigenvalue weighted by atomic mass is 10.1. The van der Waals surface area contributed by atoms with Crippen molar-refractivity contribution in [3.63, 3.8) is 0 Å². The van der Waals surface area contributed by atoms with Gasteiger partial charge in [-0.2, -0.15) is 0 Å². The number of benzene rings is 1. The molecule has 0 saturated carbocycles. The van der Waals surface area contributed by atoms with E-state index in [0.29, 0.717) is 12.6 Å². The Morgan fingerprint density at radius 3 is 2.62 bits per heavy atom. The van der Waals surface area contributed by atoms with Crippen LogP contribution < -0.4 is 11.1 Å². The second kappa shape index (κ2) is 9.22. The summed E-state index contributed by atoms with van der Waals surface area (Å²) in [7, 11) is 0. The van der Waals surface area contributed by atoms with E-state index in [1.807, 2.05) is 24.3 Å². The molecule has 2 aliphatic rings. The topological polar surface area (TPSA) is 67.6 Å². The predicted molar refractivity (Wildman–Crippen MR) is 100 cm³/mol. The van der Waals surface area contributed by atoms with Crippen LogP contribution in [-0.2, 0) is 9.53 Å².